The van der Waals surface area contributed by atoms with Crippen molar-refractivity contribution in [2.75, 3.05) is 0 Å². The Morgan fingerprint density at radius 3 is 1.43 bits per heavy atom. The minimum atomic E-state index is 0. The van der Waals surface area contributed by atoms with Crippen LogP contribution in [0.3, 0.4) is 0 Å². The summed E-state index contributed by atoms with van der Waals surface area (Å²) in [5, 5.41) is 0. The molecule has 0 unspecified atom stereocenters. The standard InChI is InChI=1S/C20H24.2CH3.Ti/c1-3-7-19-15(5-1)9-11-17(19)13-14-18-12-10-16-6-2-4-8-20(16)18;;;/h9-12H,1-8,13-14H2;2*1H3;/q;2*-1;+2. The Balaban J connectivity index is 0.000000882. The molecule has 0 N–H and O–H groups in total. The Morgan fingerprint density at radius 2 is 1.00 bits per heavy atom. The Labute approximate surface area is 159 Å². The maximum absolute atomic E-state index is 2.41. The molecule has 2 fully saturated rings. The summed E-state index contributed by atoms with van der Waals surface area (Å²) in [5.74, 6) is 0. The van der Waals surface area contributed by atoms with Gasteiger partial charge in [-0.05, 0) is 86.5 Å². The van der Waals surface area contributed by atoms with Gasteiger partial charge >= 0.3 is 21.7 Å². The van der Waals surface area contributed by atoms with Gasteiger partial charge in [-0.2, -0.15) is 0 Å². The fraction of sp³-hybridized carbons (Fsp3) is 0.455. The van der Waals surface area contributed by atoms with Crippen LogP contribution in [0.15, 0.2) is 45.6 Å². The van der Waals surface area contributed by atoms with E-state index < -0.39 is 0 Å². The first-order chi connectivity index (χ1) is 9.92. The maximum Gasteiger partial charge on any atom is 2.00 e. The molecule has 122 valence electrons. The van der Waals surface area contributed by atoms with Crippen LogP contribution in [0.2, 0.25) is 0 Å². The molecular weight excluding hydrogens is 312 g/mol. The van der Waals surface area contributed by atoms with Crippen molar-refractivity contribution in [1.29, 1.82) is 0 Å². The molecule has 0 aromatic heterocycles. The Hall–Kier alpha value is -0.326. The predicted molar refractivity (Wildman–Crippen MR) is 97.8 cm³/mol. The van der Waals surface area contributed by atoms with E-state index in [1.165, 1.54) is 64.2 Å². The van der Waals surface area contributed by atoms with Crippen LogP contribution in [0.1, 0.15) is 64.2 Å². The number of allylic oxidation sites excluding steroid dienone is 8. The molecule has 0 atom stereocenters. The van der Waals surface area contributed by atoms with Crippen molar-refractivity contribution < 1.29 is 21.7 Å². The molecule has 1 heteroatoms. The molecule has 0 aliphatic heterocycles. The molecule has 0 saturated heterocycles. The van der Waals surface area contributed by atoms with Gasteiger partial charge in [0.05, 0.1) is 0 Å². The third-order valence-corrected chi connectivity index (χ3v) is 5.43. The van der Waals surface area contributed by atoms with Crippen LogP contribution in [0, 0.1) is 27.7 Å². The van der Waals surface area contributed by atoms with Gasteiger partial charge in [-0.15, -0.1) is 0 Å². The van der Waals surface area contributed by atoms with Crippen LogP contribution in [-0.2, 0) is 21.7 Å². The second kappa shape index (κ2) is 9.23. The van der Waals surface area contributed by atoms with Gasteiger partial charge in [0.1, 0.15) is 0 Å². The number of hydrogen-bond acceptors (Lipinski definition) is 0. The number of fused-ring (bicyclic) bond motifs is 2. The predicted octanol–water partition coefficient (Wildman–Crippen LogP) is 6.69. The van der Waals surface area contributed by atoms with Crippen LogP contribution < -0.4 is 0 Å². The Kier molecular flexibility index (Phi) is 8.32. The molecule has 0 spiro atoms. The van der Waals surface area contributed by atoms with Crippen molar-refractivity contribution in [2.45, 2.75) is 64.2 Å². The SMILES string of the molecule is [CH3-].[CH3-].[CH]1C=C2CCCCC2=C1CCC1=C2CCCCC2=C[CH]1.[Ti+2]. The van der Waals surface area contributed by atoms with Gasteiger partial charge in [0.15, 0.2) is 0 Å². The average molecular weight is 342 g/mol. The molecule has 0 aromatic carbocycles. The summed E-state index contributed by atoms with van der Waals surface area (Å²) >= 11 is 0. The third-order valence-electron chi connectivity index (χ3n) is 5.43. The van der Waals surface area contributed by atoms with Crippen molar-refractivity contribution in [3.8, 4) is 0 Å². The summed E-state index contributed by atoms with van der Waals surface area (Å²) in [4.78, 5) is 0. The van der Waals surface area contributed by atoms with E-state index in [-0.39, 0.29) is 36.6 Å². The topological polar surface area (TPSA) is 0 Å². The largest absolute Gasteiger partial charge is 2.00 e. The van der Waals surface area contributed by atoms with Crippen molar-refractivity contribution in [3.63, 3.8) is 0 Å². The molecule has 0 bridgehead atoms. The van der Waals surface area contributed by atoms with Gasteiger partial charge < -0.3 is 14.9 Å². The summed E-state index contributed by atoms with van der Waals surface area (Å²) in [5.41, 5.74) is 10.00. The maximum atomic E-state index is 2.41. The molecule has 0 nitrogen and oxygen atoms in total. The van der Waals surface area contributed by atoms with Crippen molar-refractivity contribution in [1.82, 2.24) is 0 Å². The van der Waals surface area contributed by atoms with Gasteiger partial charge in [0, 0.05) is 12.8 Å². The van der Waals surface area contributed by atoms with Crippen LogP contribution in [0.4, 0.5) is 0 Å². The van der Waals surface area contributed by atoms with Gasteiger partial charge in [0.25, 0.3) is 0 Å². The van der Waals surface area contributed by atoms with E-state index in [4.69, 9.17) is 0 Å². The zero-order valence-corrected chi connectivity index (χ0v) is 16.4. The van der Waals surface area contributed by atoms with Crippen LogP contribution in [-0.4, -0.2) is 0 Å². The van der Waals surface area contributed by atoms with Crippen LogP contribution in [0.5, 0.6) is 0 Å². The van der Waals surface area contributed by atoms with E-state index in [9.17, 15) is 0 Å². The fourth-order valence-corrected chi connectivity index (χ4v) is 4.30. The zero-order valence-electron chi connectivity index (χ0n) is 14.9. The van der Waals surface area contributed by atoms with Crippen molar-refractivity contribution in [3.05, 3.63) is 73.3 Å². The van der Waals surface area contributed by atoms with Crippen molar-refractivity contribution >= 4 is 0 Å². The van der Waals surface area contributed by atoms with E-state index in [0.29, 0.717) is 0 Å². The molecule has 0 aromatic rings. The molecule has 2 radical (unpaired) electrons. The Bertz CT molecular complexity index is 492. The minimum Gasteiger partial charge on any atom is -0.358 e. The van der Waals surface area contributed by atoms with Gasteiger partial charge in [-0.3, -0.25) is 0 Å². The first-order valence-electron chi connectivity index (χ1n) is 8.44. The van der Waals surface area contributed by atoms with Gasteiger partial charge in [0.2, 0.25) is 0 Å². The zero-order chi connectivity index (χ0) is 13.4. The van der Waals surface area contributed by atoms with E-state index in [2.05, 4.69) is 25.0 Å². The second-order valence-electron chi connectivity index (χ2n) is 6.64. The second-order valence-corrected chi connectivity index (χ2v) is 6.64. The normalized spacial score (nSPS) is 22.3. The first-order valence-corrected chi connectivity index (χ1v) is 8.44. The third kappa shape index (κ3) is 4.20. The summed E-state index contributed by atoms with van der Waals surface area (Å²) in [6.07, 6.45) is 23.0. The summed E-state index contributed by atoms with van der Waals surface area (Å²) in [6.45, 7) is 0. The number of rotatable bonds is 3. The van der Waals surface area contributed by atoms with Crippen LogP contribution in [0.25, 0.3) is 0 Å². The van der Waals surface area contributed by atoms with Gasteiger partial charge in [-0.1, -0.05) is 23.3 Å². The molecule has 0 amide bonds. The Morgan fingerprint density at radius 1 is 0.609 bits per heavy atom. The smallest absolute Gasteiger partial charge is 0.358 e. The average Bonchev–Trinajstić information content (AvgIpc) is 3.09. The van der Waals surface area contributed by atoms with E-state index in [0.717, 1.165) is 0 Å². The number of hydrogen-bond donors (Lipinski definition) is 0. The quantitative estimate of drug-likeness (QED) is 0.396. The molecule has 4 aliphatic carbocycles. The molecule has 23 heavy (non-hydrogen) atoms. The van der Waals surface area contributed by atoms with E-state index >= 15 is 0 Å². The van der Waals surface area contributed by atoms with E-state index in [1.54, 1.807) is 33.4 Å². The summed E-state index contributed by atoms with van der Waals surface area (Å²) < 4.78 is 0. The van der Waals surface area contributed by atoms with Crippen LogP contribution >= 0.6 is 0 Å². The van der Waals surface area contributed by atoms with E-state index in [1.807, 2.05) is 0 Å². The molecule has 0 heterocycles. The molecule has 4 aliphatic rings. The van der Waals surface area contributed by atoms with Gasteiger partial charge in [-0.25, -0.2) is 0 Å². The summed E-state index contributed by atoms with van der Waals surface area (Å²) in [6, 6.07) is 0. The molecule has 4 rings (SSSR count). The fourth-order valence-electron chi connectivity index (χ4n) is 4.30. The summed E-state index contributed by atoms with van der Waals surface area (Å²) in [7, 11) is 0. The molecule has 2 saturated carbocycles. The van der Waals surface area contributed by atoms with Crippen molar-refractivity contribution in [2.24, 2.45) is 0 Å². The first kappa shape index (κ1) is 20.7. The monoisotopic (exact) mass is 342 g/mol. The molecular formula is C22H30Ti. The minimum absolute atomic E-state index is 0.